The van der Waals surface area contributed by atoms with Crippen molar-refractivity contribution in [3.63, 3.8) is 0 Å². The lowest BCUT2D eigenvalue weighted by atomic mass is 10.1. The molecule has 7 heteroatoms. The van der Waals surface area contributed by atoms with Gasteiger partial charge in [-0.05, 0) is 24.6 Å². The summed E-state index contributed by atoms with van der Waals surface area (Å²) in [7, 11) is -3.67. The van der Waals surface area contributed by atoms with Gasteiger partial charge in [-0.2, -0.15) is 0 Å². The van der Waals surface area contributed by atoms with Gasteiger partial charge in [-0.25, -0.2) is 13.6 Å². The van der Waals surface area contributed by atoms with Crippen molar-refractivity contribution >= 4 is 31.9 Å². The minimum absolute atomic E-state index is 0.0603. The van der Waals surface area contributed by atoms with Crippen LogP contribution in [0, 0.1) is 0 Å². The average molecular weight is 335 g/mol. The molecule has 1 amide bonds. The van der Waals surface area contributed by atoms with Crippen molar-refractivity contribution in [2.24, 2.45) is 5.14 Å². The Morgan fingerprint density at radius 3 is 2.39 bits per heavy atom. The van der Waals surface area contributed by atoms with Crippen LogP contribution in [0.5, 0.6) is 0 Å². The number of hydrogen-bond donors (Lipinski definition) is 2. The van der Waals surface area contributed by atoms with Gasteiger partial charge in [0.25, 0.3) is 0 Å². The summed E-state index contributed by atoms with van der Waals surface area (Å²) in [5, 5.41) is 8.41. The predicted molar refractivity (Wildman–Crippen MR) is 72.8 cm³/mol. The van der Waals surface area contributed by atoms with Crippen LogP contribution in [0.2, 0.25) is 0 Å². The summed E-state index contributed by atoms with van der Waals surface area (Å²) in [5.74, 6) is -0.0603. The quantitative estimate of drug-likeness (QED) is 0.795. The van der Waals surface area contributed by atoms with Crippen LogP contribution in [0.25, 0.3) is 0 Å². The second kappa shape index (κ2) is 6.31. The van der Waals surface area contributed by atoms with Crippen LogP contribution in [0.15, 0.2) is 29.2 Å². The van der Waals surface area contributed by atoms with Gasteiger partial charge < -0.3 is 5.32 Å². The predicted octanol–water partition coefficient (Wildman–Crippen LogP) is 1.30. The Morgan fingerprint density at radius 2 is 1.94 bits per heavy atom. The second-order valence-electron chi connectivity index (χ2n) is 3.84. The molecule has 0 aliphatic heterocycles. The lowest BCUT2D eigenvalue weighted by Crippen LogP contribution is -2.26. The van der Waals surface area contributed by atoms with E-state index in [-0.39, 0.29) is 16.8 Å². The number of primary sulfonamides is 1. The van der Waals surface area contributed by atoms with E-state index in [2.05, 4.69) is 21.2 Å². The van der Waals surface area contributed by atoms with Gasteiger partial charge in [0.1, 0.15) is 0 Å². The van der Waals surface area contributed by atoms with Gasteiger partial charge in [0.2, 0.25) is 15.9 Å². The normalized spacial score (nSPS) is 13.1. The van der Waals surface area contributed by atoms with E-state index in [0.29, 0.717) is 11.8 Å². The maximum atomic E-state index is 11.4. The number of carbonyl (C=O) groups is 1. The molecule has 0 aliphatic rings. The van der Waals surface area contributed by atoms with Gasteiger partial charge in [-0.3, -0.25) is 4.79 Å². The van der Waals surface area contributed by atoms with E-state index < -0.39 is 10.0 Å². The van der Waals surface area contributed by atoms with E-state index in [9.17, 15) is 13.2 Å². The van der Waals surface area contributed by atoms with Gasteiger partial charge >= 0.3 is 0 Å². The maximum absolute atomic E-state index is 11.4. The first-order chi connectivity index (χ1) is 8.34. The molecule has 0 heterocycles. The third-order valence-electron chi connectivity index (χ3n) is 2.41. The first kappa shape index (κ1) is 15.1. The number of amides is 1. The number of nitrogens with one attached hydrogen (secondary N) is 1. The number of benzene rings is 1. The fourth-order valence-electron chi connectivity index (χ4n) is 1.43. The van der Waals surface area contributed by atoms with E-state index in [1.54, 1.807) is 12.1 Å². The molecular weight excluding hydrogens is 320 g/mol. The van der Waals surface area contributed by atoms with Crippen LogP contribution in [-0.2, 0) is 14.8 Å². The van der Waals surface area contributed by atoms with Crippen LogP contribution in [-0.4, -0.2) is 19.7 Å². The second-order valence-corrected chi connectivity index (χ2v) is 6.20. The molecule has 18 heavy (non-hydrogen) atoms. The Balaban J connectivity index is 2.76. The molecule has 1 unspecified atom stereocenters. The van der Waals surface area contributed by atoms with Crippen molar-refractivity contribution in [1.82, 2.24) is 5.32 Å². The molecule has 0 fully saturated rings. The molecule has 1 atom stereocenters. The third-order valence-corrected chi connectivity index (χ3v) is 3.73. The molecule has 0 saturated carbocycles. The van der Waals surface area contributed by atoms with E-state index in [1.807, 2.05) is 6.92 Å². The lowest BCUT2D eigenvalue weighted by molar-refractivity contribution is -0.121. The Kier molecular flexibility index (Phi) is 5.30. The van der Waals surface area contributed by atoms with Crippen molar-refractivity contribution in [3.05, 3.63) is 29.8 Å². The Hall–Kier alpha value is -0.920. The number of hydrogen-bond acceptors (Lipinski definition) is 3. The van der Waals surface area contributed by atoms with Crippen LogP contribution >= 0.6 is 15.9 Å². The van der Waals surface area contributed by atoms with Crippen LogP contribution in [0.1, 0.15) is 24.9 Å². The van der Waals surface area contributed by atoms with Crippen LogP contribution < -0.4 is 10.5 Å². The summed E-state index contributed by atoms with van der Waals surface area (Å²) in [6, 6.07) is 5.96. The van der Waals surface area contributed by atoms with Gasteiger partial charge in [-0.1, -0.05) is 28.1 Å². The molecule has 5 nitrogen and oxygen atoms in total. The van der Waals surface area contributed by atoms with Crippen LogP contribution in [0.4, 0.5) is 0 Å². The monoisotopic (exact) mass is 334 g/mol. The molecular formula is C11H15BrN2O3S. The standard InChI is InChI=1S/C11H15BrN2O3S/c1-8(14-11(15)6-7-12)9-2-4-10(5-3-9)18(13,16)17/h2-5,8H,6-7H2,1H3,(H,14,15)(H2,13,16,17). The summed E-state index contributed by atoms with van der Waals surface area (Å²) < 4.78 is 22.2. The van der Waals surface area contributed by atoms with E-state index in [4.69, 9.17) is 5.14 Å². The lowest BCUT2D eigenvalue weighted by Gasteiger charge is -2.14. The highest BCUT2D eigenvalue weighted by Gasteiger charge is 2.11. The summed E-state index contributed by atoms with van der Waals surface area (Å²) in [5.41, 5.74) is 0.824. The molecule has 0 radical (unpaired) electrons. The van der Waals surface area contributed by atoms with Crippen molar-refractivity contribution in [2.45, 2.75) is 24.3 Å². The first-order valence-corrected chi connectivity index (χ1v) is 7.99. The first-order valence-electron chi connectivity index (χ1n) is 5.32. The minimum Gasteiger partial charge on any atom is -0.350 e. The molecule has 3 N–H and O–H groups in total. The van der Waals surface area contributed by atoms with E-state index in [1.165, 1.54) is 12.1 Å². The zero-order valence-electron chi connectivity index (χ0n) is 9.89. The van der Waals surface area contributed by atoms with Gasteiger partial charge in [0.15, 0.2) is 0 Å². The molecule has 1 rings (SSSR count). The third kappa shape index (κ3) is 4.40. The largest absolute Gasteiger partial charge is 0.350 e. The molecule has 0 bridgehead atoms. The maximum Gasteiger partial charge on any atom is 0.238 e. The number of alkyl halides is 1. The number of halogens is 1. The molecule has 0 aromatic heterocycles. The van der Waals surface area contributed by atoms with Gasteiger partial charge in [0.05, 0.1) is 10.9 Å². The van der Waals surface area contributed by atoms with Gasteiger partial charge in [0, 0.05) is 11.8 Å². The summed E-state index contributed by atoms with van der Waals surface area (Å²) >= 11 is 3.19. The highest BCUT2D eigenvalue weighted by atomic mass is 79.9. The summed E-state index contributed by atoms with van der Waals surface area (Å²) in [6.45, 7) is 1.83. The Bertz CT molecular complexity index is 514. The SMILES string of the molecule is CC(NC(=O)CCBr)c1ccc(S(N)(=O)=O)cc1. The number of nitrogens with two attached hydrogens (primary N) is 1. The average Bonchev–Trinajstić information content (AvgIpc) is 2.28. The Morgan fingerprint density at radius 1 is 1.39 bits per heavy atom. The zero-order valence-corrected chi connectivity index (χ0v) is 12.3. The molecule has 0 aliphatic carbocycles. The smallest absolute Gasteiger partial charge is 0.238 e. The summed E-state index contributed by atoms with van der Waals surface area (Å²) in [6.07, 6.45) is 0.402. The van der Waals surface area contributed by atoms with Gasteiger partial charge in [-0.15, -0.1) is 0 Å². The summed E-state index contributed by atoms with van der Waals surface area (Å²) in [4.78, 5) is 11.5. The molecule has 100 valence electrons. The zero-order chi connectivity index (χ0) is 13.8. The minimum atomic E-state index is -3.67. The van der Waals surface area contributed by atoms with Crippen molar-refractivity contribution in [2.75, 3.05) is 5.33 Å². The topological polar surface area (TPSA) is 89.3 Å². The van der Waals surface area contributed by atoms with Crippen LogP contribution in [0.3, 0.4) is 0 Å². The van der Waals surface area contributed by atoms with Crippen molar-refractivity contribution < 1.29 is 13.2 Å². The molecule has 1 aromatic rings. The van der Waals surface area contributed by atoms with E-state index >= 15 is 0 Å². The number of rotatable bonds is 5. The fourth-order valence-corrected chi connectivity index (χ4v) is 2.30. The number of sulfonamides is 1. The van der Waals surface area contributed by atoms with E-state index in [0.717, 1.165) is 5.56 Å². The number of carbonyl (C=O) groups excluding carboxylic acids is 1. The molecule has 0 saturated heterocycles. The fraction of sp³-hybridized carbons (Fsp3) is 0.364. The molecule has 1 aromatic carbocycles. The Labute approximate surface area is 115 Å². The highest BCUT2D eigenvalue weighted by molar-refractivity contribution is 9.09. The molecule has 0 spiro atoms. The van der Waals surface area contributed by atoms with Crippen molar-refractivity contribution in [3.8, 4) is 0 Å². The van der Waals surface area contributed by atoms with Crippen molar-refractivity contribution in [1.29, 1.82) is 0 Å². The highest BCUT2D eigenvalue weighted by Crippen LogP contribution is 2.15.